The van der Waals surface area contributed by atoms with E-state index in [1.165, 1.54) is 40.2 Å². The van der Waals surface area contributed by atoms with Crippen LogP contribution >= 0.6 is 11.3 Å². The molecule has 0 aliphatic rings. The van der Waals surface area contributed by atoms with E-state index in [9.17, 15) is 9.18 Å². The van der Waals surface area contributed by atoms with E-state index in [1.807, 2.05) is 41.8 Å². The van der Waals surface area contributed by atoms with Gasteiger partial charge in [0.15, 0.2) is 0 Å². The first-order valence-corrected chi connectivity index (χ1v) is 12.8. The van der Waals surface area contributed by atoms with Gasteiger partial charge in [0.25, 0.3) is 0 Å². The molecular formula is C29H20F2N6OS. The molecule has 0 spiro atoms. The van der Waals surface area contributed by atoms with Gasteiger partial charge in [-0.2, -0.15) is 5.10 Å². The van der Waals surface area contributed by atoms with Gasteiger partial charge in [0.05, 0.1) is 17.2 Å². The molecule has 0 saturated carbocycles. The third-order valence-electron chi connectivity index (χ3n) is 6.20. The number of hydrogen-bond donors (Lipinski definition) is 2. The topological polar surface area (TPSA) is 98.2 Å². The summed E-state index contributed by atoms with van der Waals surface area (Å²) in [5, 5.41) is 9.57. The zero-order valence-electron chi connectivity index (χ0n) is 20.3. The van der Waals surface area contributed by atoms with Crippen LogP contribution in [0.5, 0.6) is 0 Å². The van der Waals surface area contributed by atoms with Gasteiger partial charge in [-0.25, -0.2) is 23.3 Å². The maximum atomic E-state index is 15.2. The highest BCUT2D eigenvalue weighted by molar-refractivity contribution is 7.10. The Morgan fingerprint density at radius 2 is 1.87 bits per heavy atom. The first-order valence-electron chi connectivity index (χ1n) is 11.9. The molecule has 0 saturated heterocycles. The number of halogens is 2. The van der Waals surface area contributed by atoms with Gasteiger partial charge in [-0.3, -0.25) is 4.79 Å². The lowest BCUT2D eigenvalue weighted by Crippen LogP contribution is -2.21. The van der Waals surface area contributed by atoms with Gasteiger partial charge in [0, 0.05) is 28.5 Å². The molecule has 0 fully saturated rings. The number of fused-ring (bicyclic) bond motifs is 1. The molecule has 39 heavy (non-hydrogen) atoms. The quantitative estimate of drug-likeness (QED) is 0.254. The Morgan fingerprint density at radius 3 is 2.67 bits per heavy atom. The van der Waals surface area contributed by atoms with E-state index in [1.54, 1.807) is 30.5 Å². The molecule has 6 rings (SSSR count). The first-order chi connectivity index (χ1) is 19.0. The van der Waals surface area contributed by atoms with Crippen molar-refractivity contribution < 1.29 is 13.6 Å². The van der Waals surface area contributed by atoms with Crippen LogP contribution in [0, 0.1) is 11.6 Å². The van der Waals surface area contributed by atoms with Crippen LogP contribution < -0.4 is 11.1 Å². The van der Waals surface area contributed by atoms with Gasteiger partial charge < -0.3 is 11.1 Å². The number of primary amides is 1. The van der Waals surface area contributed by atoms with Gasteiger partial charge in [0.2, 0.25) is 11.9 Å². The number of pyridine rings is 1. The van der Waals surface area contributed by atoms with E-state index in [2.05, 4.69) is 20.4 Å². The SMILES string of the molecule is NC(=O)C(c1cccc(-c2nn3cccc(F)c3c2-c2ccnc(Nc3cccc(F)c3)n2)c1)c1cccs1. The van der Waals surface area contributed by atoms with Crippen molar-refractivity contribution in [3.63, 3.8) is 0 Å². The number of aromatic nitrogens is 4. The molecule has 6 aromatic rings. The molecule has 4 heterocycles. The molecule has 4 aromatic heterocycles. The predicted molar refractivity (Wildman–Crippen MR) is 147 cm³/mol. The van der Waals surface area contributed by atoms with Gasteiger partial charge in [0.1, 0.15) is 22.8 Å². The van der Waals surface area contributed by atoms with Gasteiger partial charge in [-0.05, 0) is 59.5 Å². The summed E-state index contributed by atoms with van der Waals surface area (Å²) in [5.41, 5.74) is 9.17. The average molecular weight is 539 g/mol. The second-order valence-electron chi connectivity index (χ2n) is 8.75. The molecule has 1 unspecified atom stereocenters. The number of hydrogen-bond acceptors (Lipinski definition) is 6. The van der Waals surface area contributed by atoms with Crippen molar-refractivity contribution in [1.82, 2.24) is 19.6 Å². The summed E-state index contributed by atoms with van der Waals surface area (Å²) in [6.07, 6.45) is 3.19. The van der Waals surface area contributed by atoms with Crippen LogP contribution in [0.2, 0.25) is 0 Å². The number of benzene rings is 2. The Bertz CT molecular complexity index is 1820. The number of nitrogens with one attached hydrogen (secondary N) is 1. The van der Waals surface area contributed by atoms with Crippen LogP contribution in [-0.4, -0.2) is 25.5 Å². The molecule has 0 radical (unpaired) electrons. The maximum absolute atomic E-state index is 15.2. The summed E-state index contributed by atoms with van der Waals surface area (Å²) < 4.78 is 30.4. The van der Waals surface area contributed by atoms with Gasteiger partial charge in [-0.1, -0.05) is 30.3 Å². The first kappa shape index (κ1) is 24.4. The molecule has 2 aromatic carbocycles. The fourth-order valence-corrected chi connectivity index (χ4v) is 5.41. The van der Waals surface area contributed by atoms with Crippen molar-refractivity contribution in [1.29, 1.82) is 0 Å². The summed E-state index contributed by atoms with van der Waals surface area (Å²) in [6, 6.07) is 21.6. The summed E-state index contributed by atoms with van der Waals surface area (Å²) in [5.74, 6) is -1.78. The molecule has 3 N–H and O–H groups in total. The number of carbonyl (C=O) groups excluding carboxylic acids is 1. The van der Waals surface area contributed by atoms with Crippen LogP contribution in [0.4, 0.5) is 20.4 Å². The Kier molecular flexibility index (Phi) is 6.29. The highest BCUT2D eigenvalue weighted by Crippen LogP contribution is 2.37. The molecule has 0 bridgehead atoms. The minimum atomic E-state index is -0.636. The second-order valence-corrected chi connectivity index (χ2v) is 9.73. The molecule has 7 nitrogen and oxygen atoms in total. The lowest BCUT2D eigenvalue weighted by atomic mass is 9.93. The Hall–Kier alpha value is -4.96. The molecule has 192 valence electrons. The van der Waals surface area contributed by atoms with Crippen molar-refractivity contribution in [2.24, 2.45) is 5.73 Å². The highest BCUT2D eigenvalue weighted by atomic mass is 32.1. The largest absolute Gasteiger partial charge is 0.369 e. The summed E-state index contributed by atoms with van der Waals surface area (Å²) in [6.45, 7) is 0. The van der Waals surface area contributed by atoms with Crippen LogP contribution in [0.1, 0.15) is 16.4 Å². The second kappa shape index (κ2) is 10.1. The van der Waals surface area contributed by atoms with Crippen molar-refractivity contribution in [2.45, 2.75) is 5.92 Å². The normalized spacial score (nSPS) is 11.9. The number of rotatable bonds is 7. The van der Waals surface area contributed by atoms with E-state index in [-0.39, 0.29) is 11.5 Å². The molecule has 1 atom stereocenters. The van der Waals surface area contributed by atoms with Crippen molar-refractivity contribution in [3.05, 3.63) is 119 Å². The van der Waals surface area contributed by atoms with Gasteiger partial charge in [-0.15, -0.1) is 11.3 Å². The summed E-state index contributed by atoms with van der Waals surface area (Å²) >= 11 is 1.45. The van der Waals surface area contributed by atoms with E-state index in [4.69, 9.17) is 5.73 Å². The number of carbonyl (C=O) groups is 1. The molecule has 1 amide bonds. The molecule has 0 aliphatic heterocycles. The fourth-order valence-electron chi connectivity index (χ4n) is 4.55. The van der Waals surface area contributed by atoms with E-state index in [0.717, 1.165) is 4.88 Å². The lowest BCUT2D eigenvalue weighted by Gasteiger charge is -2.13. The highest BCUT2D eigenvalue weighted by Gasteiger charge is 2.24. The Labute approximate surface area is 225 Å². The third kappa shape index (κ3) is 4.73. The van der Waals surface area contributed by atoms with Crippen molar-refractivity contribution in [3.8, 4) is 22.5 Å². The van der Waals surface area contributed by atoms with Crippen LogP contribution in [-0.2, 0) is 4.79 Å². The Morgan fingerprint density at radius 1 is 1.00 bits per heavy atom. The number of thiophene rings is 1. The fraction of sp³-hybridized carbons (Fsp3) is 0.0345. The van der Waals surface area contributed by atoms with Crippen molar-refractivity contribution in [2.75, 3.05) is 5.32 Å². The lowest BCUT2D eigenvalue weighted by molar-refractivity contribution is -0.118. The number of amides is 1. The minimum Gasteiger partial charge on any atom is -0.369 e. The molecule has 0 aliphatic carbocycles. The molecular weight excluding hydrogens is 518 g/mol. The zero-order chi connectivity index (χ0) is 26.9. The standard InChI is InChI=1S/C29H20F2N6OS/c30-19-7-2-8-20(16-19)34-29-33-12-11-22(35-29)25-26(36-37-13-3-9-21(31)27(25)37)18-6-1-5-17(15-18)24(28(32)38)23-10-4-14-39-23/h1-16,24H,(H2,32,38)(H,33,34,35). The van der Waals surface area contributed by atoms with E-state index < -0.39 is 23.5 Å². The number of nitrogens with two attached hydrogens (primary N) is 1. The maximum Gasteiger partial charge on any atom is 0.230 e. The van der Waals surface area contributed by atoms with Crippen molar-refractivity contribution >= 4 is 34.4 Å². The summed E-state index contributed by atoms with van der Waals surface area (Å²) in [4.78, 5) is 22.1. The third-order valence-corrected chi connectivity index (χ3v) is 7.14. The monoisotopic (exact) mass is 538 g/mol. The smallest absolute Gasteiger partial charge is 0.230 e. The summed E-state index contributed by atoms with van der Waals surface area (Å²) in [7, 11) is 0. The zero-order valence-corrected chi connectivity index (χ0v) is 21.1. The Balaban J connectivity index is 1.50. The van der Waals surface area contributed by atoms with Crippen LogP contribution in [0.15, 0.2) is 96.6 Å². The number of anilines is 2. The minimum absolute atomic E-state index is 0.208. The predicted octanol–water partition coefficient (Wildman–Crippen LogP) is 6.16. The van der Waals surface area contributed by atoms with Crippen LogP contribution in [0.25, 0.3) is 28.0 Å². The van der Waals surface area contributed by atoms with E-state index >= 15 is 4.39 Å². The van der Waals surface area contributed by atoms with E-state index in [0.29, 0.717) is 33.8 Å². The average Bonchev–Trinajstić information content (AvgIpc) is 3.58. The van der Waals surface area contributed by atoms with Crippen LogP contribution in [0.3, 0.4) is 0 Å². The number of nitrogens with zero attached hydrogens (tertiary/aromatic N) is 4. The van der Waals surface area contributed by atoms with Gasteiger partial charge >= 0.3 is 0 Å². The molecule has 10 heteroatoms.